The Balaban J connectivity index is 2.00. The second-order valence-corrected chi connectivity index (χ2v) is 9.01. The van der Waals surface area contributed by atoms with Gasteiger partial charge in [-0.1, -0.05) is 33.6 Å². The van der Waals surface area contributed by atoms with Crippen molar-refractivity contribution < 1.29 is 24.2 Å². The van der Waals surface area contributed by atoms with Crippen LogP contribution in [0, 0.1) is 6.92 Å². The molecule has 1 unspecified atom stereocenters. The van der Waals surface area contributed by atoms with Crippen LogP contribution in [0.15, 0.2) is 70.7 Å². The van der Waals surface area contributed by atoms with E-state index in [-0.39, 0.29) is 11.3 Å². The van der Waals surface area contributed by atoms with Gasteiger partial charge in [0.15, 0.2) is 0 Å². The number of benzene rings is 3. The number of hydrogen-bond donors (Lipinski definition) is 1. The van der Waals surface area contributed by atoms with Crippen LogP contribution in [0.4, 0.5) is 5.69 Å². The summed E-state index contributed by atoms with van der Waals surface area (Å²) in [4.78, 5) is 28.0. The minimum atomic E-state index is -0.939. The molecule has 1 amide bonds. The Kier molecular flexibility index (Phi) is 6.68. The number of Topliss-reactive ketones (excluding diaryl/α,β-unsaturated/α-hetero) is 1. The van der Waals surface area contributed by atoms with Crippen LogP contribution in [0.25, 0.3) is 5.76 Å². The van der Waals surface area contributed by atoms with E-state index in [0.29, 0.717) is 33.3 Å². The summed E-state index contributed by atoms with van der Waals surface area (Å²) in [6.45, 7) is 1.92. The van der Waals surface area contributed by atoms with Gasteiger partial charge in [-0.3, -0.25) is 14.5 Å². The van der Waals surface area contributed by atoms with Crippen LogP contribution < -0.4 is 14.4 Å². The Bertz CT molecular complexity index is 1320. The predicted molar refractivity (Wildman–Crippen MR) is 135 cm³/mol. The van der Waals surface area contributed by atoms with E-state index in [9.17, 15) is 14.7 Å². The van der Waals surface area contributed by atoms with Crippen molar-refractivity contribution in [2.75, 3.05) is 19.1 Å². The number of methoxy groups -OCH3 is 2. The molecule has 1 heterocycles. The zero-order valence-corrected chi connectivity index (χ0v) is 21.0. The number of ether oxygens (including phenoxy) is 2. The smallest absolute Gasteiger partial charge is 0.300 e. The number of carbonyl (C=O) groups is 2. The lowest BCUT2D eigenvalue weighted by atomic mass is 9.94. The quantitative estimate of drug-likeness (QED) is 0.241. The predicted octanol–water partition coefficient (Wildman–Crippen LogP) is 6.05. The van der Waals surface area contributed by atoms with Gasteiger partial charge in [0.05, 0.1) is 25.8 Å². The average Bonchev–Trinajstić information content (AvgIpc) is 3.10. The normalized spacial score (nSPS) is 17.2. The number of nitrogens with zero attached hydrogens (tertiary/aromatic N) is 1. The highest BCUT2D eigenvalue weighted by molar-refractivity contribution is 9.10. The van der Waals surface area contributed by atoms with E-state index in [1.165, 1.54) is 19.1 Å². The van der Waals surface area contributed by atoms with Gasteiger partial charge >= 0.3 is 0 Å². The highest BCUT2D eigenvalue weighted by Crippen LogP contribution is 2.46. The van der Waals surface area contributed by atoms with Crippen molar-refractivity contribution in [2.24, 2.45) is 0 Å². The summed E-state index contributed by atoms with van der Waals surface area (Å²) in [6.07, 6.45) is 0. The second kappa shape index (κ2) is 9.52. The molecular weight excluding hydrogens is 522 g/mol. The maximum atomic E-state index is 13.3. The number of rotatable bonds is 5. The summed E-state index contributed by atoms with van der Waals surface area (Å²) in [5, 5.41) is 11.7. The number of aryl methyl sites for hydroxylation is 1. The topological polar surface area (TPSA) is 76.1 Å². The van der Waals surface area contributed by atoms with E-state index in [2.05, 4.69) is 15.9 Å². The fraction of sp³-hybridized carbons (Fsp3) is 0.154. The number of aliphatic hydroxyl groups is 1. The molecule has 1 N–H and O–H groups in total. The van der Waals surface area contributed by atoms with E-state index < -0.39 is 17.7 Å². The van der Waals surface area contributed by atoms with Crippen LogP contribution in [-0.4, -0.2) is 31.0 Å². The Morgan fingerprint density at radius 2 is 1.71 bits per heavy atom. The van der Waals surface area contributed by atoms with Crippen LogP contribution in [0.1, 0.15) is 22.7 Å². The molecular formula is C26H21BrClNO5. The zero-order valence-electron chi connectivity index (χ0n) is 18.6. The molecule has 0 saturated carbocycles. The van der Waals surface area contributed by atoms with Gasteiger partial charge in [0.2, 0.25) is 0 Å². The van der Waals surface area contributed by atoms with Crippen LogP contribution >= 0.6 is 27.5 Å². The monoisotopic (exact) mass is 541 g/mol. The summed E-state index contributed by atoms with van der Waals surface area (Å²) in [6, 6.07) is 15.9. The summed E-state index contributed by atoms with van der Waals surface area (Å²) < 4.78 is 11.7. The van der Waals surface area contributed by atoms with E-state index >= 15 is 0 Å². The van der Waals surface area contributed by atoms with Crippen molar-refractivity contribution >= 4 is 50.7 Å². The maximum Gasteiger partial charge on any atom is 0.300 e. The van der Waals surface area contributed by atoms with E-state index in [1.54, 1.807) is 54.6 Å². The lowest BCUT2D eigenvalue weighted by Gasteiger charge is -2.27. The third-order valence-corrected chi connectivity index (χ3v) is 6.84. The van der Waals surface area contributed by atoms with Gasteiger partial charge < -0.3 is 14.6 Å². The molecule has 1 fully saturated rings. The third kappa shape index (κ3) is 4.17. The van der Waals surface area contributed by atoms with E-state index in [0.717, 1.165) is 10.0 Å². The summed E-state index contributed by atoms with van der Waals surface area (Å²) >= 11 is 9.49. The first kappa shape index (κ1) is 23.9. The molecule has 34 heavy (non-hydrogen) atoms. The molecule has 8 heteroatoms. The molecule has 1 aliphatic heterocycles. The fourth-order valence-corrected chi connectivity index (χ4v) is 4.42. The van der Waals surface area contributed by atoms with Gasteiger partial charge in [-0.2, -0.15) is 0 Å². The highest BCUT2D eigenvalue weighted by Gasteiger charge is 2.48. The van der Waals surface area contributed by atoms with Crippen LogP contribution in [-0.2, 0) is 9.59 Å². The zero-order chi connectivity index (χ0) is 24.6. The minimum Gasteiger partial charge on any atom is -0.507 e. The molecule has 174 valence electrons. The number of anilines is 1. The van der Waals surface area contributed by atoms with Gasteiger partial charge in [0.1, 0.15) is 17.3 Å². The summed E-state index contributed by atoms with van der Waals surface area (Å²) in [7, 11) is 3.02. The van der Waals surface area contributed by atoms with Crippen molar-refractivity contribution in [1.29, 1.82) is 0 Å². The molecule has 0 spiro atoms. The Labute approximate surface area is 210 Å². The highest BCUT2D eigenvalue weighted by atomic mass is 79.9. The Hall–Kier alpha value is -3.29. The first-order valence-corrected chi connectivity index (χ1v) is 11.5. The minimum absolute atomic E-state index is 0.0486. The van der Waals surface area contributed by atoms with Crippen molar-refractivity contribution in [1.82, 2.24) is 0 Å². The molecule has 3 aromatic carbocycles. The van der Waals surface area contributed by atoms with Crippen LogP contribution in [0.5, 0.6) is 11.5 Å². The van der Waals surface area contributed by atoms with Gasteiger partial charge in [-0.25, -0.2) is 0 Å². The Morgan fingerprint density at radius 3 is 2.32 bits per heavy atom. The van der Waals surface area contributed by atoms with Gasteiger partial charge in [-0.05, 0) is 61.0 Å². The van der Waals surface area contributed by atoms with Crippen molar-refractivity contribution in [3.05, 3.63) is 92.4 Å². The van der Waals surface area contributed by atoms with Crippen LogP contribution in [0.3, 0.4) is 0 Å². The Morgan fingerprint density at radius 1 is 1.00 bits per heavy atom. The maximum absolute atomic E-state index is 13.3. The number of ketones is 1. The van der Waals surface area contributed by atoms with Gasteiger partial charge in [0, 0.05) is 32.4 Å². The largest absolute Gasteiger partial charge is 0.507 e. The lowest BCUT2D eigenvalue weighted by Crippen LogP contribution is -2.29. The number of halogens is 2. The molecule has 1 saturated heterocycles. The van der Waals surface area contributed by atoms with Crippen molar-refractivity contribution in [3.8, 4) is 11.5 Å². The molecule has 0 aromatic heterocycles. The first-order valence-electron chi connectivity index (χ1n) is 10.3. The number of carbonyl (C=O) groups excluding carboxylic acids is 2. The molecule has 1 atom stereocenters. The first-order chi connectivity index (χ1) is 16.3. The standard InChI is InChI=1S/C26H21BrClNO5/c1-14-4-9-17(12-20(14)27)29-23(19-11-10-18(33-2)13-21(19)34-3)22(25(31)26(29)32)24(30)15-5-7-16(28)8-6-15/h4-13,23,30H,1-3H3/b24-22+. The van der Waals surface area contributed by atoms with Gasteiger partial charge in [-0.15, -0.1) is 0 Å². The number of hydrogen-bond acceptors (Lipinski definition) is 5. The number of aliphatic hydroxyl groups excluding tert-OH is 1. The molecule has 3 aromatic rings. The molecule has 1 aliphatic rings. The molecule has 0 bridgehead atoms. The lowest BCUT2D eigenvalue weighted by molar-refractivity contribution is -0.132. The number of amides is 1. The van der Waals surface area contributed by atoms with Crippen molar-refractivity contribution in [2.45, 2.75) is 13.0 Å². The SMILES string of the molecule is COc1ccc(C2/C(=C(\O)c3ccc(Cl)cc3)C(=O)C(=O)N2c2ccc(C)c(Br)c2)c(OC)c1. The van der Waals surface area contributed by atoms with Gasteiger partial charge in [0.25, 0.3) is 11.7 Å². The molecule has 0 radical (unpaired) electrons. The van der Waals surface area contributed by atoms with E-state index in [1.807, 2.05) is 13.0 Å². The van der Waals surface area contributed by atoms with Crippen LogP contribution in [0.2, 0.25) is 5.02 Å². The second-order valence-electron chi connectivity index (χ2n) is 7.72. The summed E-state index contributed by atoms with van der Waals surface area (Å²) in [5.74, 6) is -0.898. The summed E-state index contributed by atoms with van der Waals surface area (Å²) in [5.41, 5.74) is 2.31. The average molecular weight is 543 g/mol. The van der Waals surface area contributed by atoms with Crippen molar-refractivity contribution in [3.63, 3.8) is 0 Å². The molecule has 0 aliphatic carbocycles. The molecule has 4 rings (SSSR count). The third-order valence-electron chi connectivity index (χ3n) is 5.73. The fourth-order valence-electron chi connectivity index (χ4n) is 3.93. The molecule has 6 nitrogen and oxygen atoms in total. The van der Waals surface area contributed by atoms with E-state index in [4.69, 9.17) is 21.1 Å².